The standard InChI is InChI=1S/C21H17N3O2/c25-20-13-18(23-24(20)19-8-2-1-3-9-19)14-22-21(26)17-11-10-15-6-4-5-7-16(15)12-17/h1-13,23H,14H2,(H,22,26). The van der Waals surface area contributed by atoms with Crippen LogP contribution < -0.4 is 10.9 Å². The Morgan fingerprint density at radius 1 is 0.885 bits per heavy atom. The Hall–Kier alpha value is -3.60. The summed E-state index contributed by atoms with van der Waals surface area (Å²) in [5.74, 6) is -0.177. The number of fused-ring (bicyclic) bond motifs is 1. The van der Waals surface area contributed by atoms with E-state index in [0.29, 0.717) is 11.3 Å². The van der Waals surface area contributed by atoms with Crippen LogP contribution in [0, 0.1) is 0 Å². The molecular formula is C21H17N3O2. The van der Waals surface area contributed by atoms with Crippen LogP contribution in [0.5, 0.6) is 0 Å². The zero-order chi connectivity index (χ0) is 17.9. The van der Waals surface area contributed by atoms with Crippen molar-refractivity contribution in [3.8, 4) is 5.69 Å². The Kier molecular flexibility index (Phi) is 4.11. The summed E-state index contributed by atoms with van der Waals surface area (Å²) < 4.78 is 1.46. The Bertz CT molecular complexity index is 1130. The molecule has 0 aliphatic rings. The van der Waals surface area contributed by atoms with Crippen molar-refractivity contribution in [3.63, 3.8) is 0 Å². The van der Waals surface area contributed by atoms with Gasteiger partial charge in [0.15, 0.2) is 0 Å². The number of para-hydroxylation sites is 1. The van der Waals surface area contributed by atoms with Crippen LogP contribution in [0.25, 0.3) is 16.5 Å². The molecule has 4 rings (SSSR count). The van der Waals surface area contributed by atoms with Gasteiger partial charge >= 0.3 is 0 Å². The topological polar surface area (TPSA) is 66.9 Å². The fraction of sp³-hybridized carbons (Fsp3) is 0.0476. The van der Waals surface area contributed by atoms with E-state index in [1.807, 2.05) is 66.7 Å². The molecule has 4 aromatic rings. The fourth-order valence-corrected chi connectivity index (χ4v) is 2.91. The average Bonchev–Trinajstić information content (AvgIpc) is 3.07. The summed E-state index contributed by atoms with van der Waals surface area (Å²) in [7, 11) is 0. The molecular weight excluding hydrogens is 326 g/mol. The van der Waals surface area contributed by atoms with Crippen molar-refractivity contribution in [1.82, 2.24) is 15.1 Å². The third kappa shape index (κ3) is 3.15. The summed E-state index contributed by atoms with van der Waals surface area (Å²) >= 11 is 0. The zero-order valence-electron chi connectivity index (χ0n) is 14.0. The summed E-state index contributed by atoms with van der Waals surface area (Å²) in [6.45, 7) is 0.251. The van der Waals surface area contributed by atoms with Gasteiger partial charge in [0.1, 0.15) is 0 Å². The van der Waals surface area contributed by atoms with Crippen LogP contribution in [0.2, 0.25) is 0 Å². The molecule has 5 heteroatoms. The Balaban J connectivity index is 1.50. The van der Waals surface area contributed by atoms with Crippen molar-refractivity contribution >= 4 is 16.7 Å². The first-order valence-corrected chi connectivity index (χ1v) is 8.34. The van der Waals surface area contributed by atoms with Crippen molar-refractivity contribution in [1.29, 1.82) is 0 Å². The van der Waals surface area contributed by atoms with E-state index < -0.39 is 0 Å². The number of hydrogen-bond donors (Lipinski definition) is 2. The molecule has 0 saturated carbocycles. The highest BCUT2D eigenvalue weighted by molar-refractivity contribution is 5.98. The largest absolute Gasteiger partial charge is 0.346 e. The average molecular weight is 343 g/mol. The molecule has 3 aromatic carbocycles. The van der Waals surface area contributed by atoms with E-state index in [1.165, 1.54) is 10.7 Å². The van der Waals surface area contributed by atoms with Gasteiger partial charge in [-0.25, -0.2) is 4.68 Å². The molecule has 0 bridgehead atoms. The monoisotopic (exact) mass is 343 g/mol. The van der Waals surface area contributed by atoms with Crippen molar-refractivity contribution in [2.45, 2.75) is 6.54 Å². The normalized spacial score (nSPS) is 10.8. The molecule has 2 N–H and O–H groups in total. The van der Waals surface area contributed by atoms with Crippen LogP contribution in [-0.2, 0) is 6.54 Å². The number of nitrogens with one attached hydrogen (secondary N) is 2. The van der Waals surface area contributed by atoms with E-state index in [-0.39, 0.29) is 18.0 Å². The lowest BCUT2D eigenvalue weighted by atomic mass is 10.1. The first-order valence-electron chi connectivity index (χ1n) is 8.34. The van der Waals surface area contributed by atoms with Gasteiger partial charge in [0, 0.05) is 11.6 Å². The number of carbonyl (C=O) groups is 1. The van der Waals surface area contributed by atoms with E-state index in [2.05, 4.69) is 10.4 Å². The second-order valence-electron chi connectivity index (χ2n) is 6.04. The number of H-pyrrole nitrogens is 1. The maximum atomic E-state index is 12.4. The molecule has 0 spiro atoms. The number of amides is 1. The first-order chi connectivity index (χ1) is 12.7. The molecule has 5 nitrogen and oxygen atoms in total. The number of nitrogens with zero attached hydrogens (tertiary/aromatic N) is 1. The minimum atomic E-state index is -0.177. The molecule has 0 unspecified atom stereocenters. The highest BCUT2D eigenvalue weighted by Crippen LogP contribution is 2.15. The van der Waals surface area contributed by atoms with Crippen molar-refractivity contribution in [2.24, 2.45) is 0 Å². The molecule has 26 heavy (non-hydrogen) atoms. The minimum absolute atomic E-state index is 0.161. The van der Waals surface area contributed by atoms with E-state index in [1.54, 1.807) is 6.07 Å². The van der Waals surface area contributed by atoms with Crippen LogP contribution in [0.1, 0.15) is 16.1 Å². The summed E-state index contributed by atoms with van der Waals surface area (Å²) in [6.07, 6.45) is 0. The predicted molar refractivity (Wildman–Crippen MR) is 102 cm³/mol. The zero-order valence-corrected chi connectivity index (χ0v) is 14.0. The van der Waals surface area contributed by atoms with Gasteiger partial charge < -0.3 is 5.32 Å². The Morgan fingerprint density at radius 2 is 1.62 bits per heavy atom. The smallest absolute Gasteiger partial charge is 0.271 e. The maximum Gasteiger partial charge on any atom is 0.271 e. The molecule has 1 heterocycles. The number of rotatable bonds is 4. The second-order valence-corrected chi connectivity index (χ2v) is 6.04. The number of aromatic nitrogens is 2. The van der Waals surface area contributed by atoms with E-state index in [0.717, 1.165) is 16.5 Å². The van der Waals surface area contributed by atoms with Crippen LogP contribution in [0.15, 0.2) is 83.7 Å². The molecule has 0 aliphatic carbocycles. The van der Waals surface area contributed by atoms with Crippen molar-refractivity contribution < 1.29 is 4.79 Å². The van der Waals surface area contributed by atoms with Gasteiger partial charge in [-0.2, -0.15) is 0 Å². The van der Waals surface area contributed by atoms with E-state index >= 15 is 0 Å². The van der Waals surface area contributed by atoms with Gasteiger partial charge in [0.2, 0.25) is 0 Å². The highest BCUT2D eigenvalue weighted by Gasteiger charge is 2.09. The van der Waals surface area contributed by atoms with Crippen LogP contribution >= 0.6 is 0 Å². The number of benzene rings is 3. The summed E-state index contributed by atoms with van der Waals surface area (Å²) in [6, 6.07) is 24.3. The second kappa shape index (κ2) is 6.72. The third-order valence-corrected chi connectivity index (χ3v) is 4.24. The summed E-state index contributed by atoms with van der Waals surface area (Å²) in [5.41, 5.74) is 1.83. The van der Waals surface area contributed by atoms with Gasteiger partial charge in [-0.3, -0.25) is 14.7 Å². The summed E-state index contributed by atoms with van der Waals surface area (Å²) in [4.78, 5) is 24.5. The third-order valence-electron chi connectivity index (χ3n) is 4.24. The molecule has 128 valence electrons. The Morgan fingerprint density at radius 3 is 2.42 bits per heavy atom. The lowest BCUT2D eigenvalue weighted by molar-refractivity contribution is 0.0950. The van der Waals surface area contributed by atoms with E-state index in [9.17, 15) is 9.59 Å². The molecule has 0 saturated heterocycles. The van der Waals surface area contributed by atoms with Crippen LogP contribution in [-0.4, -0.2) is 15.7 Å². The van der Waals surface area contributed by atoms with Crippen molar-refractivity contribution in [3.05, 3.63) is 100 Å². The number of hydrogen-bond acceptors (Lipinski definition) is 2. The van der Waals surface area contributed by atoms with Crippen LogP contribution in [0.4, 0.5) is 0 Å². The van der Waals surface area contributed by atoms with Crippen molar-refractivity contribution in [2.75, 3.05) is 0 Å². The van der Waals surface area contributed by atoms with Gasteiger partial charge in [-0.05, 0) is 35.0 Å². The molecule has 0 atom stereocenters. The van der Waals surface area contributed by atoms with Gasteiger partial charge in [0.05, 0.1) is 17.9 Å². The molecule has 0 aliphatic heterocycles. The number of carbonyl (C=O) groups excluding carboxylic acids is 1. The van der Waals surface area contributed by atoms with Crippen LogP contribution in [0.3, 0.4) is 0 Å². The minimum Gasteiger partial charge on any atom is -0.346 e. The lowest BCUT2D eigenvalue weighted by Gasteiger charge is -2.06. The molecule has 1 amide bonds. The van der Waals surface area contributed by atoms with Gasteiger partial charge in [-0.15, -0.1) is 0 Å². The molecule has 0 fully saturated rings. The summed E-state index contributed by atoms with van der Waals surface area (Å²) in [5, 5.41) is 7.98. The molecule has 1 aromatic heterocycles. The van der Waals surface area contributed by atoms with E-state index in [4.69, 9.17) is 0 Å². The SMILES string of the molecule is O=C(NCc1cc(=O)n(-c2ccccc2)[nH]1)c1ccc2ccccc2c1. The lowest BCUT2D eigenvalue weighted by Crippen LogP contribution is -2.23. The Labute approximate surface area is 149 Å². The molecule has 0 radical (unpaired) electrons. The van der Waals surface area contributed by atoms with Gasteiger partial charge in [0.25, 0.3) is 11.5 Å². The maximum absolute atomic E-state index is 12.4. The first kappa shape index (κ1) is 15.9. The highest BCUT2D eigenvalue weighted by atomic mass is 16.1. The fourth-order valence-electron chi connectivity index (χ4n) is 2.91. The number of aromatic amines is 1. The predicted octanol–water partition coefficient (Wildman–Crippen LogP) is 3.25. The van der Waals surface area contributed by atoms with Gasteiger partial charge in [-0.1, -0.05) is 48.5 Å². The quantitative estimate of drug-likeness (QED) is 0.597.